The van der Waals surface area contributed by atoms with Gasteiger partial charge in [-0.2, -0.15) is 0 Å². The number of carbonyl (C=O) groups excluding carboxylic acids is 1. The molecule has 0 spiro atoms. The first-order chi connectivity index (χ1) is 10.1. The van der Waals surface area contributed by atoms with Crippen LogP contribution in [0.1, 0.15) is 36.5 Å². The SMILES string of the molecule is CCCN1CCC(NC(=O)c2ccc(OC)cc2N)CC1. The van der Waals surface area contributed by atoms with Crippen molar-refractivity contribution in [2.45, 2.75) is 32.2 Å². The summed E-state index contributed by atoms with van der Waals surface area (Å²) in [6, 6.07) is 5.40. The van der Waals surface area contributed by atoms with Gasteiger partial charge >= 0.3 is 0 Å². The number of ether oxygens (including phenoxy) is 1. The summed E-state index contributed by atoms with van der Waals surface area (Å²) < 4.78 is 5.10. The molecule has 1 aliphatic heterocycles. The number of rotatable bonds is 5. The third-order valence-electron chi connectivity index (χ3n) is 3.97. The van der Waals surface area contributed by atoms with Gasteiger partial charge in [-0.1, -0.05) is 6.92 Å². The van der Waals surface area contributed by atoms with Gasteiger partial charge in [0.15, 0.2) is 0 Å². The van der Waals surface area contributed by atoms with E-state index in [1.165, 1.54) is 6.42 Å². The molecule has 3 N–H and O–H groups in total. The number of nitrogens with zero attached hydrogens (tertiary/aromatic N) is 1. The molecule has 0 atom stereocenters. The summed E-state index contributed by atoms with van der Waals surface area (Å²) in [5.41, 5.74) is 6.89. The average molecular weight is 291 g/mol. The van der Waals surface area contributed by atoms with E-state index in [1.54, 1.807) is 25.3 Å². The lowest BCUT2D eigenvalue weighted by molar-refractivity contribution is 0.0912. The fourth-order valence-electron chi connectivity index (χ4n) is 2.75. The molecule has 5 nitrogen and oxygen atoms in total. The zero-order valence-electron chi connectivity index (χ0n) is 12.9. The minimum atomic E-state index is -0.0934. The molecule has 0 unspecified atom stereocenters. The number of hydrogen-bond acceptors (Lipinski definition) is 4. The molecule has 0 bridgehead atoms. The van der Waals surface area contributed by atoms with Crippen LogP contribution in [0.2, 0.25) is 0 Å². The zero-order valence-corrected chi connectivity index (χ0v) is 12.9. The van der Waals surface area contributed by atoms with Gasteiger partial charge in [0.2, 0.25) is 0 Å². The normalized spacial score (nSPS) is 16.7. The molecule has 1 aliphatic rings. The van der Waals surface area contributed by atoms with Crippen LogP contribution < -0.4 is 15.8 Å². The fraction of sp³-hybridized carbons (Fsp3) is 0.562. The number of methoxy groups -OCH3 is 1. The van der Waals surface area contributed by atoms with E-state index < -0.39 is 0 Å². The highest BCUT2D eigenvalue weighted by Gasteiger charge is 2.21. The van der Waals surface area contributed by atoms with Crippen molar-refractivity contribution in [3.63, 3.8) is 0 Å². The Balaban J connectivity index is 1.90. The van der Waals surface area contributed by atoms with E-state index in [1.807, 2.05) is 0 Å². The number of hydrogen-bond donors (Lipinski definition) is 2. The van der Waals surface area contributed by atoms with Crippen molar-refractivity contribution in [1.82, 2.24) is 10.2 Å². The Kier molecular flexibility index (Phi) is 5.44. The molecule has 5 heteroatoms. The summed E-state index contributed by atoms with van der Waals surface area (Å²) in [6.45, 7) is 5.44. The Labute approximate surface area is 126 Å². The Morgan fingerprint density at radius 2 is 2.14 bits per heavy atom. The molecule has 0 aromatic heterocycles. The highest BCUT2D eigenvalue weighted by atomic mass is 16.5. The van der Waals surface area contributed by atoms with Crippen LogP contribution in [-0.4, -0.2) is 43.6 Å². The number of carbonyl (C=O) groups is 1. The number of nitrogens with one attached hydrogen (secondary N) is 1. The molecule has 0 saturated carbocycles. The number of likely N-dealkylation sites (tertiary alicyclic amines) is 1. The molecule has 1 amide bonds. The molecule has 1 saturated heterocycles. The van der Waals surface area contributed by atoms with Crippen LogP contribution >= 0.6 is 0 Å². The maximum atomic E-state index is 12.3. The quantitative estimate of drug-likeness (QED) is 0.813. The maximum absolute atomic E-state index is 12.3. The highest BCUT2D eigenvalue weighted by molar-refractivity contribution is 5.99. The summed E-state index contributed by atoms with van der Waals surface area (Å²) in [4.78, 5) is 14.7. The minimum Gasteiger partial charge on any atom is -0.497 e. The van der Waals surface area contributed by atoms with Crippen molar-refractivity contribution in [3.8, 4) is 5.75 Å². The summed E-state index contributed by atoms with van der Waals surface area (Å²) >= 11 is 0. The molecule has 0 radical (unpaired) electrons. The van der Waals surface area contributed by atoms with Crippen molar-refractivity contribution in [2.24, 2.45) is 0 Å². The van der Waals surface area contributed by atoms with E-state index in [-0.39, 0.29) is 11.9 Å². The summed E-state index contributed by atoms with van der Waals surface area (Å²) in [7, 11) is 1.58. The average Bonchev–Trinajstić information content (AvgIpc) is 2.49. The number of piperidine rings is 1. The van der Waals surface area contributed by atoms with Crippen LogP contribution in [0.3, 0.4) is 0 Å². The predicted molar refractivity (Wildman–Crippen MR) is 84.6 cm³/mol. The third-order valence-corrected chi connectivity index (χ3v) is 3.97. The standard InChI is InChI=1S/C16H25N3O2/c1-3-8-19-9-6-12(7-10-19)18-16(20)14-5-4-13(21-2)11-15(14)17/h4-5,11-12H,3,6-10,17H2,1-2H3,(H,18,20). The van der Waals surface area contributed by atoms with Crippen molar-refractivity contribution in [3.05, 3.63) is 23.8 Å². The molecule has 1 fully saturated rings. The minimum absolute atomic E-state index is 0.0934. The summed E-state index contributed by atoms with van der Waals surface area (Å²) in [6.07, 6.45) is 3.18. The monoisotopic (exact) mass is 291 g/mol. The topological polar surface area (TPSA) is 67.6 Å². The smallest absolute Gasteiger partial charge is 0.253 e. The van der Waals surface area contributed by atoms with E-state index >= 15 is 0 Å². The van der Waals surface area contributed by atoms with Crippen LogP contribution in [-0.2, 0) is 0 Å². The molecule has 0 aliphatic carbocycles. The first kappa shape index (κ1) is 15.6. The van der Waals surface area contributed by atoms with Crippen LogP contribution in [0, 0.1) is 0 Å². The van der Waals surface area contributed by atoms with E-state index in [9.17, 15) is 4.79 Å². The van der Waals surface area contributed by atoms with E-state index in [2.05, 4.69) is 17.1 Å². The molecule has 2 rings (SSSR count). The third kappa shape index (κ3) is 4.11. The second-order valence-electron chi connectivity index (χ2n) is 5.54. The summed E-state index contributed by atoms with van der Waals surface area (Å²) in [5, 5.41) is 3.09. The largest absolute Gasteiger partial charge is 0.497 e. The first-order valence-electron chi connectivity index (χ1n) is 7.60. The van der Waals surface area contributed by atoms with E-state index in [0.717, 1.165) is 32.5 Å². The predicted octanol–water partition coefficient (Wildman–Crippen LogP) is 1.88. The lowest BCUT2D eigenvalue weighted by Crippen LogP contribution is -2.44. The van der Waals surface area contributed by atoms with Crippen molar-refractivity contribution in [1.29, 1.82) is 0 Å². The molecule has 116 valence electrons. The molecule has 21 heavy (non-hydrogen) atoms. The Morgan fingerprint density at radius 1 is 1.43 bits per heavy atom. The fourth-order valence-corrected chi connectivity index (χ4v) is 2.75. The van der Waals surface area contributed by atoms with Crippen LogP contribution in [0.15, 0.2) is 18.2 Å². The Bertz CT molecular complexity index is 482. The van der Waals surface area contributed by atoms with Crippen LogP contribution in [0.25, 0.3) is 0 Å². The second kappa shape index (κ2) is 7.31. The van der Waals surface area contributed by atoms with Gasteiger partial charge in [0.1, 0.15) is 5.75 Å². The van der Waals surface area contributed by atoms with Gasteiger partial charge < -0.3 is 20.7 Å². The van der Waals surface area contributed by atoms with Crippen molar-refractivity contribution in [2.75, 3.05) is 32.5 Å². The van der Waals surface area contributed by atoms with Gasteiger partial charge in [0, 0.05) is 30.9 Å². The van der Waals surface area contributed by atoms with Gasteiger partial charge in [-0.25, -0.2) is 0 Å². The second-order valence-corrected chi connectivity index (χ2v) is 5.54. The number of benzene rings is 1. The molecule has 1 aromatic rings. The van der Waals surface area contributed by atoms with E-state index in [4.69, 9.17) is 10.5 Å². The lowest BCUT2D eigenvalue weighted by Gasteiger charge is -2.32. The van der Waals surface area contributed by atoms with Gasteiger partial charge in [0.05, 0.1) is 12.7 Å². The zero-order chi connectivity index (χ0) is 15.2. The van der Waals surface area contributed by atoms with E-state index in [0.29, 0.717) is 17.0 Å². The van der Waals surface area contributed by atoms with Gasteiger partial charge in [-0.05, 0) is 37.9 Å². The Hall–Kier alpha value is -1.75. The van der Waals surface area contributed by atoms with Crippen molar-refractivity contribution < 1.29 is 9.53 Å². The number of anilines is 1. The van der Waals surface area contributed by atoms with Gasteiger partial charge in [0.25, 0.3) is 5.91 Å². The van der Waals surface area contributed by atoms with Crippen LogP contribution in [0.4, 0.5) is 5.69 Å². The number of nitrogen functional groups attached to an aromatic ring is 1. The molecule has 1 heterocycles. The number of amides is 1. The first-order valence-corrected chi connectivity index (χ1v) is 7.60. The highest BCUT2D eigenvalue weighted by Crippen LogP contribution is 2.20. The summed E-state index contributed by atoms with van der Waals surface area (Å²) in [5.74, 6) is 0.570. The van der Waals surface area contributed by atoms with Gasteiger partial charge in [-0.3, -0.25) is 4.79 Å². The maximum Gasteiger partial charge on any atom is 0.253 e. The van der Waals surface area contributed by atoms with Crippen molar-refractivity contribution >= 4 is 11.6 Å². The van der Waals surface area contributed by atoms with Gasteiger partial charge in [-0.15, -0.1) is 0 Å². The molecular formula is C16H25N3O2. The molecule has 1 aromatic carbocycles. The Morgan fingerprint density at radius 3 is 2.71 bits per heavy atom. The van der Waals surface area contributed by atoms with Crippen LogP contribution in [0.5, 0.6) is 5.75 Å². The lowest BCUT2D eigenvalue weighted by atomic mass is 10.0. The number of nitrogens with two attached hydrogens (primary N) is 1. The molecular weight excluding hydrogens is 266 g/mol.